The maximum atomic E-state index is 13.1. The molecule has 0 saturated carbocycles. The molecule has 28 heavy (non-hydrogen) atoms. The van der Waals surface area contributed by atoms with Crippen molar-refractivity contribution in [3.05, 3.63) is 65.2 Å². The smallest absolute Gasteiger partial charge is 0.375 e. The van der Waals surface area contributed by atoms with Gasteiger partial charge in [0.1, 0.15) is 12.7 Å². The van der Waals surface area contributed by atoms with Gasteiger partial charge in [0.25, 0.3) is 0 Å². The van der Waals surface area contributed by atoms with Crippen LogP contribution in [0.4, 0.5) is 24.5 Å². The Hall–Kier alpha value is -3.07. The van der Waals surface area contributed by atoms with Crippen LogP contribution < -0.4 is 10.6 Å². The monoisotopic (exact) mass is 409 g/mol. The Kier molecular flexibility index (Phi) is 5.55. The van der Waals surface area contributed by atoms with E-state index in [2.05, 4.69) is 20.7 Å². The average Bonchev–Trinajstić information content (AvgIpc) is 3.14. The van der Waals surface area contributed by atoms with Crippen molar-refractivity contribution >= 4 is 28.9 Å². The molecule has 0 aliphatic carbocycles. The van der Waals surface area contributed by atoms with Crippen LogP contribution in [-0.4, -0.2) is 27.2 Å². The van der Waals surface area contributed by atoms with Crippen molar-refractivity contribution in [3.8, 4) is 5.69 Å². The fraction of sp³-hybridized carbons (Fsp3) is 0.167. The van der Waals surface area contributed by atoms with Crippen LogP contribution in [0.15, 0.2) is 49.1 Å². The number of aryl methyl sites for hydroxylation is 1. The van der Waals surface area contributed by atoms with Gasteiger partial charge >= 0.3 is 6.18 Å². The van der Waals surface area contributed by atoms with Crippen LogP contribution in [0.5, 0.6) is 0 Å². The molecule has 2 N–H and O–H groups in total. The van der Waals surface area contributed by atoms with Gasteiger partial charge in [0, 0.05) is 0 Å². The number of alkyl halides is 3. The Morgan fingerprint density at radius 1 is 1.18 bits per heavy atom. The quantitative estimate of drug-likeness (QED) is 0.659. The Balaban J connectivity index is 1.80. The molecule has 2 aromatic carbocycles. The largest absolute Gasteiger partial charge is 0.416 e. The van der Waals surface area contributed by atoms with E-state index in [0.29, 0.717) is 10.7 Å². The van der Waals surface area contributed by atoms with E-state index in [1.165, 1.54) is 23.4 Å². The standard InChI is InChI=1S/C18H15ClF3N5O/c1-11-2-4-14(13(19)6-11)24-8-17(28)26-15-7-12(18(20,21)22)3-5-16(15)27-10-23-9-25-27/h2-7,9-10,24H,8H2,1H3,(H,26,28). The molecule has 0 unspecified atom stereocenters. The molecule has 0 spiro atoms. The molecule has 3 aromatic rings. The summed E-state index contributed by atoms with van der Waals surface area (Å²) < 4.78 is 40.4. The van der Waals surface area contributed by atoms with Crippen molar-refractivity contribution in [2.75, 3.05) is 17.2 Å². The van der Waals surface area contributed by atoms with Crippen LogP contribution in [0.25, 0.3) is 5.69 Å². The van der Waals surface area contributed by atoms with Crippen LogP contribution in [0.2, 0.25) is 5.02 Å². The number of carbonyl (C=O) groups excluding carboxylic acids is 1. The number of carbonyl (C=O) groups is 1. The van der Waals surface area contributed by atoms with Gasteiger partial charge in [-0.2, -0.15) is 18.3 Å². The first-order valence-electron chi connectivity index (χ1n) is 8.10. The first kappa shape index (κ1) is 19.7. The molecule has 0 atom stereocenters. The number of hydrogen-bond acceptors (Lipinski definition) is 4. The Morgan fingerprint density at radius 3 is 2.61 bits per heavy atom. The zero-order chi connectivity index (χ0) is 20.3. The second-order valence-electron chi connectivity index (χ2n) is 5.95. The third-order valence-corrected chi connectivity index (χ3v) is 4.14. The zero-order valence-electron chi connectivity index (χ0n) is 14.6. The molecule has 1 amide bonds. The molecule has 3 rings (SSSR count). The summed E-state index contributed by atoms with van der Waals surface area (Å²) in [5, 5.41) is 9.68. The summed E-state index contributed by atoms with van der Waals surface area (Å²) in [6, 6.07) is 8.26. The number of nitrogens with one attached hydrogen (secondary N) is 2. The minimum Gasteiger partial charge on any atom is -0.375 e. The van der Waals surface area contributed by atoms with Crippen molar-refractivity contribution in [2.45, 2.75) is 13.1 Å². The van der Waals surface area contributed by atoms with E-state index in [1.807, 2.05) is 13.0 Å². The van der Waals surface area contributed by atoms with E-state index in [4.69, 9.17) is 11.6 Å². The highest BCUT2D eigenvalue weighted by Gasteiger charge is 2.31. The van der Waals surface area contributed by atoms with Crippen molar-refractivity contribution in [1.29, 1.82) is 0 Å². The lowest BCUT2D eigenvalue weighted by atomic mass is 10.1. The SMILES string of the molecule is Cc1ccc(NCC(=O)Nc2cc(C(F)(F)F)ccc2-n2cncn2)c(Cl)c1. The first-order chi connectivity index (χ1) is 13.2. The molecule has 0 aliphatic rings. The minimum absolute atomic E-state index is 0.0397. The molecule has 0 bridgehead atoms. The Bertz CT molecular complexity index is 989. The number of anilines is 2. The fourth-order valence-electron chi connectivity index (χ4n) is 2.48. The summed E-state index contributed by atoms with van der Waals surface area (Å²) in [6.45, 7) is 1.69. The summed E-state index contributed by atoms with van der Waals surface area (Å²) in [7, 11) is 0. The molecule has 1 heterocycles. The molecule has 6 nitrogen and oxygen atoms in total. The maximum absolute atomic E-state index is 13.1. The predicted octanol–water partition coefficient (Wildman–Crippen LogP) is 4.30. The van der Waals surface area contributed by atoms with E-state index < -0.39 is 17.6 Å². The van der Waals surface area contributed by atoms with Crippen molar-refractivity contribution in [3.63, 3.8) is 0 Å². The van der Waals surface area contributed by atoms with Crippen LogP contribution in [-0.2, 0) is 11.0 Å². The average molecular weight is 410 g/mol. The normalized spacial score (nSPS) is 11.3. The number of amides is 1. The first-order valence-corrected chi connectivity index (χ1v) is 8.48. The summed E-state index contributed by atoms with van der Waals surface area (Å²) >= 11 is 6.10. The molecular weight excluding hydrogens is 395 g/mol. The number of benzene rings is 2. The summed E-state index contributed by atoms with van der Waals surface area (Å²) in [5.41, 5.74) is 0.833. The molecule has 0 radical (unpaired) electrons. The summed E-state index contributed by atoms with van der Waals surface area (Å²) in [4.78, 5) is 16.1. The number of halogens is 4. The lowest BCUT2D eigenvalue weighted by Gasteiger charge is -2.15. The molecule has 0 saturated heterocycles. The maximum Gasteiger partial charge on any atom is 0.416 e. The van der Waals surface area contributed by atoms with E-state index in [9.17, 15) is 18.0 Å². The number of nitrogens with zero attached hydrogens (tertiary/aromatic N) is 3. The molecular formula is C18H15ClF3N5O. The highest BCUT2D eigenvalue weighted by atomic mass is 35.5. The van der Waals surface area contributed by atoms with Crippen molar-refractivity contribution < 1.29 is 18.0 Å². The third-order valence-electron chi connectivity index (χ3n) is 3.83. The molecule has 146 valence electrons. The van der Waals surface area contributed by atoms with Crippen LogP contribution in [0.3, 0.4) is 0 Å². The highest BCUT2D eigenvalue weighted by Crippen LogP contribution is 2.33. The molecule has 1 aromatic heterocycles. The van der Waals surface area contributed by atoms with Crippen molar-refractivity contribution in [2.24, 2.45) is 0 Å². The van der Waals surface area contributed by atoms with Crippen LogP contribution >= 0.6 is 11.6 Å². The highest BCUT2D eigenvalue weighted by molar-refractivity contribution is 6.33. The van der Waals surface area contributed by atoms with Gasteiger partial charge in [0.2, 0.25) is 5.91 Å². The van der Waals surface area contributed by atoms with Gasteiger partial charge in [-0.05, 0) is 42.8 Å². The van der Waals surface area contributed by atoms with Gasteiger partial charge in [-0.15, -0.1) is 0 Å². The van der Waals surface area contributed by atoms with E-state index in [1.54, 1.807) is 12.1 Å². The van der Waals surface area contributed by atoms with Gasteiger partial charge in [-0.3, -0.25) is 4.79 Å². The minimum atomic E-state index is -4.55. The third kappa shape index (κ3) is 4.61. The van der Waals surface area contributed by atoms with Crippen LogP contribution in [0, 0.1) is 6.92 Å². The van der Waals surface area contributed by atoms with Gasteiger partial charge in [0.15, 0.2) is 0 Å². The zero-order valence-corrected chi connectivity index (χ0v) is 15.3. The predicted molar refractivity (Wildman–Crippen MR) is 99.7 cm³/mol. The lowest BCUT2D eigenvalue weighted by Crippen LogP contribution is -2.23. The number of hydrogen-bond donors (Lipinski definition) is 2. The summed E-state index contributed by atoms with van der Waals surface area (Å²) in [5.74, 6) is -0.544. The lowest BCUT2D eigenvalue weighted by molar-refractivity contribution is -0.137. The second kappa shape index (κ2) is 7.89. The van der Waals surface area contributed by atoms with E-state index >= 15 is 0 Å². The number of rotatable bonds is 5. The molecule has 0 aliphatic heterocycles. The fourth-order valence-corrected chi connectivity index (χ4v) is 2.78. The Labute approximate surface area is 163 Å². The summed E-state index contributed by atoms with van der Waals surface area (Å²) in [6.07, 6.45) is -1.99. The van der Waals surface area contributed by atoms with Crippen molar-refractivity contribution in [1.82, 2.24) is 14.8 Å². The van der Waals surface area contributed by atoms with Gasteiger partial charge in [0.05, 0.1) is 34.2 Å². The topological polar surface area (TPSA) is 71.8 Å². The van der Waals surface area contributed by atoms with E-state index in [0.717, 1.165) is 17.7 Å². The van der Waals surface area contributed by atoms with Gasteiger partial charge < -0.3 is 10.6 Å². The number of aromatic nitrogens is 3. The molecule has 0 fully saturated rings. The van der Waals surface area contributed by atoms with E-state index in [-0.39, 0.29) is 17.9 Å². The van der Waals surface area contributed by atoms with Gasteiger partial charge in [-0.25, -0.2) is 9.67 Å². The Morgan fingerprint density at radius 2 is 1.96 bits per heavy atom. The van der Waals surface area contributed by atoms with Gasteiger partial charge in [-0.1, -0.05) is 17.7 Å². The molecule has 10 heteroatoms. The van der Waals surface area contributed by atoms with Crippen LogP contribution in [0.1, 0.15) is 11.1 Å². The second-order valence-corrected chi connectivity index (χ2v) is 6.36.